The fraction of sp³-hybridized carbons (Fsp3) is 0.737. The summed E-state index contributed by atoms with van der Waals surface area (Å²) < 4.78 is 0. The van der Waals surface area contributed by atoms with Gasteiger partial charge in [-0.2, -0.15) is 0 Å². The maximum atomic E-state index is 11.8. The van der Waals surface area contributed by atoms with Gasteiger partial charge in [-0.1, -0.05) is 50.4 Å². The molecule has 1 atom stereocenters. The van der Waals surface area contributed by atoms with Crippen molar-refractivity contribution in [1.82, 2.24) is 20.4 Å². The largest absolute Gasteiger partial charge is 0.358 e. The topological polar surface area (TPSA) is 92.7 Å². The van der Waals surface area contributed by atoms with Crippen molar-refractivity contribution in [2.45, 2.75) is 79.2 Å². The number of unbranched alkanes of at least 4 members (excludes halogenated alkanes) is 1. The van der Waals surface area contributed by atoms with E-state index in [4.69, 9.17) is 0 Å². The molecule has 2 N–H and O–H groups in total. The Hall–Kier alpha value is -1.61. The first-order chi connectivity index (χ1) is 13.3. The van der Waals surface area contributed by atoms with E-state index < -0.39 is 0 Å². The van der Waals surface area contributed by atoms with Crippen LogP contribution in [0.15, 0.2) is 0 Å². The molecule has 2 aromatic rings. The van der Waals surface area contributed by atoms with E-state index in [9.17, 15) is 4.79 Å². The highest BCUT2D eigenvalue weighted by Crippen LogP contribution is 2.21. The number of nitrogens with one attached hydrogen (secondary N) is 2. The molecule has 2 heterocycles. The monoisotopic (exact) mass is 424 g/mol. The fourth-order valence-corrected chi connectivity index (χ4v) is 4.58. The van der Waals surface area contributed by atoms with E-state index in [2.05, 4.69) is 51.8 Å². The number of aromatic nitrogens is 4. The van der Waals surface area contributed by atoms with E-state index in [0.29, 0.717) is 29.4 Å². The summed E-state index contributed by atoms with van der Waals surface area (Å²) in [5, 5.41) is 26.6. The van der Waals surface area contributed by atoms with Crippen molar-refractivity contribution in [3.05, 3.63) is 10.0 Å². The third-order valence-corrected chi connectivity index (χ3v) is 5.81. The Bertz CT molecular complexity index is 728. The van der Waals surface area contributed by atoms with Gasteiger partial charge in [-0.25, -0.2) is 0 Å². The molecule has 1 amide bonds. The second-order valence-electron chi connectivity index (χ2n) is 8.03. The number of nitrogens with zero attached hydrogens (tertiary/aromatic N) is 4. The quantitative estimate of drug-likeness (QED) is 0.476. The van der Waals surface area contributed by atoms with Crippen molar-refractivity contribution in [2.75, 3.05) is 10.6 Å². The Morgan fingerprint density at radius 1 is 0.857 bits per heavy atom. The third-order valence-electron chi connectivity index (χ3n) is 4.00. The van der Waals surface area contributed by atoms with E-state index in [1.54, 1.807) is 11.3 Å². The predicted molar refractivity (Wildman–Crippen MR) is 117 cm³/mol. The van der Waals surface area contributed by atoms with Gasteiger partial charge in [0.25, 0.3) is 0 Å². The zero-order chi connectivity index (χ0) is 20.5. The van der Waals surface area contributed by atoms with Crippen molar-refractivity contribution < 1.29 is 4.79 Å². The van der Waals surface area contributed by atoms with Crippen LogP contribution in [0.2, 0.25) is 0 Å². The first-order valence-corrected chi connectivity index (χ1v) is 11.7. The van der Waals surface area contributed by atoms with Crippen molar-refractivity contribution >= 4 is 38.8 Å². The Morgan fingerprint density at radius 3 is 2.00 bits per heavy atom. The van der Waals surface area contributed by atoms with Gasteiger partial charge in [0.05, 0.1) is 0 Å². The van der Waals surface area contributed by atoms with Crippen molar-refractivity contribution in [3.8, 4) is 0 Å². The number of amides is 1. The number of carbonyl (C=O) groups excluding carboxylic acids is 1. The van der Waals surface area contributed by atoms with Crippen LogP contribution >= 0.6 is 22.7 Å². The Balaban J connectivity index is 1.67. The second-order valence-corrected chi connectivity index (χ2v) is 10.2. The Kier molecular flexibility index (Phi) is 9.24. The summed E-state index contributed by atoms with van der Waals surface area (Å²) in [6, 6.07) is 0.411. The van der Waals surface area contributed by atoms with Gasteiger partial charge < -0.3 is 10.6 Å². The molecule has 0 aliphatic rings. The highest BCUT2D eigenvalue weighted by atomic mass is 32.1. The van der Waals surface area contributed by atoms with Gasteiger partial charge >= 0.3 is 0 Å². The molecule has 7 nitrogen and oxygen atoms in total. The summed E-state index contributed by atoms with van der Waals surface area (Å²) in [6.45, 7) is 10.7. The Morgan fingerprint density at radius 2 is 1.43 bits per heavy atom. The van der Waals surface area contributed by atoms with Crippen molar-refractivity contribution in [1.29, 1.82) is 0 Å². The summed E-state index contributed by atoms with van der Waals surface area (Å²) >= 11 is 3.10. The van der Waals surface area contributed by atoms with E-state index in [0.717, 1.165) is 47.3 Å². The number of rotatable bonds is 12. The zero-order valence-electron chi connectivity index (χ0n) is 17.5. The Labute approximate surface area is 175 Å². The molecule has 0 saturated carbocycles. The van der Waals surface area contributed by atoms with Crippen LogP contribution in [-0.4, -0.2) is 32.3 Å². The molecule has 28 heavy (non-hydrogen) atoms. The molecule has 0 aromatic carbocycles. The van der Waals surface area contributed by atoms with Gasteiger partial charge in [0.2, 0.25) is 16.2 Å². The third kappa shape index (κ3) is 8.60. The molecule has 2 aromatic heterocycles. The normalized spacial score (nSPS) is 12.5. The first kappa shape index (κ1) is 22.7. The van der Waals surface area contributed by atoms with Crippen LogP contribution in [0.1, 0.15) is 70.3 Å². The number of anilines is 2. The lowest BCUT2D eigenvalue weighted by Crippen LogP contribution is -2.17. The van der Waals surface area contributed by atoms with Gasteiger partial charge in [-0.05, 0) is 38.0 Å². The van der Waals surface area contributed by atoms with E-state index >= 15 is 0 Å². The lowest BCUT2D eigenvalue weighted by Gasteiger charge is -2.14. The molecule has 9 heteroatoms. The molecule has 0 spiro atoms. The van der Waals surface area contributed by atoms with Crippen LogP contribution in [0, 0.1) is 11.8 Å². The average molecular weight is 425 g/mol. The van der Waals surface area contributed by atoms with Crippen LogP contribution in [-0.2, 0) is 17.6 Å². The van der Waals surface area contributed by atoms with Crippen LogP contribution < -0.4 is 10.6 Å². The molecule has 0 bridgehead atoms. The summed E-state index contributed by atoms with van der Waals surface area (Å²) in [5.74, 6) is 1.00. The SMILES string of the molecule is CC(C)CC(=O)Nc1nnc(CCCCc2nnc(NC(C)CC(C)C)s2)s1. The molecule has 0 saturated heterocycles. The van der Waals surface area contributed by atoms with Gasteiger partial charge in [0.15, 0.2) is 0 Å². The highest BCUT2D eigenvalue weighted by Gasteiger charge is 2.11. The minimum atomic E-state index is 0.00101. The molecular formula is C19H32N6OS2. The minimum Gasteiger partial charge on any atom is -0.358 e. The predicted octanol–water partition coefficient (Wildman–Crippen LogP) is 4.79. The van der Waals surface area contributed by atoms with Gasteiger partial charge in [0.1, 0.15) is 10.0 Å². The fourth-order valence-electron chi connectivity index (χ4n) is 2.89. The lowest BCUT2D eigenvalue weighted by atomic mass is 10.1. The number of aryl methyl sites for hydroxylation is 2. The van der Waals surface area contributed by atoms with E-state index in [1.165, 1.54) is 11.3 Å². The number of hydrogen-bond acceptors (Lipinski definition) is 8. The molecule has 0 aliphatic carbocycles. The molecule has 0 fully saturated rings. The number of carbonyl (C=O) groups is 1. The second kappa shape index (κ2) is 11.4. The van der Waals surface area contributed by atoms with Crippen molar-refractivity contribution in [3.63, 3.8) is 0 Å². The van der Waals surface area contributed by atoms with Gasteiger partial charge in [-0.3, -0.25) is 4.79 Å². The van der Waals surface area contributed by atoms with Gasteiger partial charge in [-0.15, -0.1) is 20.4 Å². The minimum absolute atomic E-state index is 0.00101. The molecule has 0 aliphatic heterocycles. The molecule has 156 valence electrons. The summed E-state index contributed by atoms with van der Waals surface area (Å²) in [7, 11) is 0. The molecule has 1 unspecified atom stereocenters. The van der Waals surface area contributed by atoms with Crippen LogP contribution in [0.5, 0.6) is 0 Å². The zero-order valence-corrected chi connectivity index (χ0v) is 19.1. The first-order valence-electron chi connectivity index (χ1n) is 10.0. The van der Waals surface area contributed by atoms with Crippen molar-refractivity contribution in [2.24, 2.45) is 11.8 Å². The van der Waals surface area contributed by atoms with Crippen LogP contribution in [0.3, 0.4) is 0 Å². The van der Waals surface area contributed by atoms with Crippen LogP contribution in [0.4, 0.5) is 10.3 Å². The maximum Gasteiger partial charge on any atom is 0.226 e. The standard InChI is InChI=1S/C19H32N6OS2/c1-12(2)10-14(5)20-18-24-22-16(27-18)8-6-7-9-17-23-25-19(28-17)21-15(26)11-13(3)4/h12-14H,6-11H2,1-5H3,(H,20,24)(H,21,25,26). The summed E-state index contributed by atoms with van der Waals surface area (Å²) in [4.78, 5) is 11.8. The van der Waals surface area contributed by atoms with E-state index in [1.807, 2.05) is 13.8 Å². The smallest absolute Gasteiger partial charge is 0.226 e. The lowest BCUT2D eigenvalue weighted by molar-refractivity contribution is -0.116. The average Bonchev–Trinajstić information content (AvgIpc) is 3.19. The molecule has 2 rings (SSSR count). The summed E-state index contributed by atoms with van der Waals surface area (Å²) in [5.41, 5.74) is 0. The van der Waals surface area contributed by atoms with E-state index in [-0.39, 0.29) is 5.91 Å². The molecule has 0 radical (unpaired) electrons. The number of hydrogen-bond donors (Lipinski definition) is 2. The van der Waals surface area contributed by atoms with Gasteiger partial charge in [0, 0.05) is 25.3 Å². The van der Waals surface area contributed by atoms with Crippen LogP contribution in [0.25, 0.3) is 0 Å². The summed E-state index contributed by atoms with van der Waals surface area (Å²) in [6.07, 6.45) is 5.47. The maximum absolute atomic E-state index is 11.8. The highest BCUT2D eigenvalue weighted by molar-refractivity contribution is 7.15. The molecular weight excluding hydrogens is 392 g/mol.